The number of fused-ring (bicyclic) bond motifs is 2. The minimum absolute atomic E-state index is 0.414. The highest BCUT2D eigenvalue weighted by atomic mass is 16.6. The number of hydrogen-bond donors (Lipinski definition) is 2. The van der Waals surface area contributed by atoms with Gasteiger partial charge in [0.2, 0.25) is 0 Å². The SMILES string of the molecule is COc1ccc(C[NH+]2CC[NH+](CN3C(=O)C(=O)c4cc5c(cc43)OCCO5)CC2)cc1. The van der Waals surface area contributed by atoms with E-state index in [0.717, 1.165) is 38.5 Å². The van der Waals surface area contributed by atoms with Gasteiger partial charge < -0.3 is 24.0 Å². The second-order valence-corrected chi connectivity index (χ2v) is 8.26. The van der Waals surface area contributed by atoms with Crippen LogP contribution in [-0.2, 0) is 11.3 Å². The minimum Gasteiger partial charge on any atom is -0.497 e. The van der Waals surface area contributed by atoms with Gasteiger partial charge in [0.15, 0.2) is 18.2 Å². The Bertz CT molecular complexity index is 999. The number of rotatable bonds is 5. The van der Waals surface area contributed by atoms with Gasteiger partial charge in [-0.15, -0.1) is 0 Å². The maximum atomic E-state index is 12.7. The molecule has 3 heterocycles. The number of nitrogens with one attached hydrogen (secondary N) is 2. The van der Waals surface area contributed by atoms with Crippen LogP contribution in [0.5, 0.6) is 17.2 Å². The van der Waals surface area contributed by atoms with Crippen molar-refractivity contribution in [1.82, 2.24) is 0 Å². The van der Waals surface area contributed by atoms with Crippen LogP contribution in [0.3, 0.4) is 0 Å². The van der Waals surface area contributed by atoms with Gasteiger partial charge >= 0.3 is 5.91 Å². The predicted octanol–water partition coefficient (Wildman–Crippen LogP) is -1.06. The highest BCUT2D eigenvalue weighted by molar-refractivity contribution is 6.52. The van der Waals surface area contributed by atoms with Crippen molar-refractivity contribution in [3.05, 3.63) is 47.5 Å². The topological polar surface area (TPSA) is 74.0 Å². The first-order valence-corrected chi connectivity index (χ1v) is 10.7. The zero-order valence-corrected chi connectivity index (χ0v) is 17.6. The van der Waals surface area contributed by atoms with Crippen LogP contribution in [-0.4, -0.2) is 64.9 Å². The van der Waals surface area contributed by atoms with Crippen molar-refractivity contribution in [1.29, 1.82) is 0 Å². The quantitative estimate of drug-likeness (QED) is 0.598. The number of amides is 1. The lowest BCUT2D eigenvalue weighted by atomic mass is 10.1. The number of benzene rings is 2. The second kappa shape index (κ2) is 8.20. The molecule has 1 amide bonds. The molecule has 2 aromatic carbocycles. The van der Waals surface area contributed by atoms with E-state index < -0.39 is 11.7 Å². The molecule has 0 radical (unpaired) electrons. The Morgan fingerprint density at radius 3 is 2.26 bits per heavy atom. The van der Waals surface area contributed by atoms with Crippen molar-refractivity contribution < 1.29 is 33.6 Å². The third kappa shape index (κ3) is 3.84. The van der Waals surface area contributed by atoms with Crippen LogP contribution >= 0.6 is 0 Å². The van der Waals surface area contributed by atoms with Gasteiger partial charge in [0, 0.05) is 11.6 Å². The van der Waals surface area contributed by atoms with E-state index in [2.05, 4.69) is 12.1 Å². The summed E-state index contributed by atoms with van der Waals surface area (Å²) in [6, 6.07) is 11.6. The third-order valence-corrected chi connectivity index (χ3v) is 6.29. The fraction of sp³-hybridized carbons (Fsp3) is 0.391. The molecule has 2 N–H and O–H groups in total. The maximum Gasteiger partial charge on any atom is 0.303 e. The molecular formula is C23H27N3O5+2. The molecule has 0 saturated carbocycles. The van der Waals surface area contributed by atoms with Gasteiger partial charge in [0.05, 0.1) is 18.4 Å². The molecule has 0 atom stereocenters. The third-order valence-electron chi connectivity index (χ3n) is 6.29. The largest absolute Gasteiger partial charge is 0.497 e. The van der Waals surface area contributed by atoms with Gasteiger partial charge in [-0.05, 0) is 30.3 Å². The van der Waals surface area contributed by atoms with Crippen LogP contribution in [0.4, 0.5) is 5.69 Å². The normalized spacial score (nSPS) is 22.4. The first-order chi connectivity index (χ1) is 15.1. The minimum atomic E-state index is -0.463. The van der Waals surface area contributed by atoms with E-state index in [1.54, 1.807) is 24.1 Å². The number of carbonyl (C=O) groups excluding carboxylic acids is 2. The molecule has 0 unspecified atom stereocenters. The van der Waals surface area contributed by atoms with E-state index in [4.69, 9.17) is 14.2 Å². The van der Waals surface area contributed by atoms with Crippen molar-refractivity contribution in [3.63, 3.8) is 0 Å². The standard InChI is InChI=1S/C23H25N3O5/c1-29-17-4-2-16(3-5-17)14-24-6-8-25(9-7-24)15-26-19-13-21-20(30-10-11-31-21)12-18(19)22(27)23(26)28/h2-5,12-13H,6-11,14-15H2,1H3/p+2. The van der Waals surface area contributed by atoms with Crippen LogP contribution < -0.4 is 28.9 Å². The van der Waals surface area contributed by atoms with E-state index in [1.165, 1.54) is 15.4 Å². The Kier molecular flexibility index (Phi) is 5.25. The first kappa shape index (κ1) is 19.8. The average Bonchev–Trinajstić information content (AvgIpc) is 3.03. The van der Waals surface area contributed by atoms with Gasteiger partial charge in [-0.25, -0.2) is 0 Å². The summed E-state index contributed by atoms with van der Waals surface area (Å²) in [5.74, 6) is 1.08. The van der Waals surface area contributed by atoms with Crippen molar-refractivity contribution in [3.8, 4) is 17.2 Å². The number of quaternary nitrogens is 2. The highest BCUT2D eigenvalue weighted by Gasteiger charge is 2.40. The zero-order valence-electron chi connectivity index (χ0n) is 17.6. The molecular weight excluding hydrogens is 398 g/mol. The molecule has 8 heteroatoms. The number of piperazine rings is 1. The maximum absolute atomic E-state index is 12.7. The van der Waals surface area contributed by atoms with Gasteiger partial charge in [0.25, 0.3) is 5.78 Å². The molecule has 0 bridgehead atoms. The van der Waals surface area contributed by atoms with E-state index in [-0.39, 0.29) is 0 Å². The van der Waals surface area contributed by atoms with E-state index in [9.17, 15) is 9.59 Å². The number of ether oxygens (including phenoxy) is 3. The molecule has 3 aliphatic rings. The Balaban J connectivity index is 1.22. The number of hydrogen-bond acceptors (Lipinski definition) is 5. The Labute approximate surface area is 180 Å². The number of carbonyl (C=O) groups is 2. The summed E-state index contributed by atoms with van der Waals surface area (Å²) in [7, 11) is 1.68. The summed E-state index contributed by atoms with van der Waals surface area (Å²) in [4.78, 5) is 29.6. The molecule has 162 valence electrons. The van der Waals surface area contributed by atoms with Crippen LogP contribution in [0.25, 0.3) is 0 Å². The summed E-state index contributed by atoms with van der Waals surface area (Å²) < 4.78 is 16.4. The van der Waals surface area contributed by atoms with Gasteiger partial charge in [-0.3, -0.25) is 14.5 Å². The summed E-state index contributed by atoms with van der Waals surface area (Å²) >= 11 is 0. The van der Waals surface area contributed by atoms with E-state index in [0.29, 0.717) is 42.6 Å². The van der Waals surface area contributed by atoms with Crippen LogP contribution in [0.1, 0.15) is 15.9 Å². The van der Waals surface area contributed by atoms with Crippen LogP contribution in [0.15, 0.2) is 36.4 Å². The highest BCUT2D eigenvalue weighted by Crippen LogP contribution is 2.40. The number of nitrogens with zero attached hydrogens (tertiary/aromatic N) is 1. The summed E-state index contributed by atoms with van der Waals surface area (Å²) in [5, 5.41) is 0. The van der Waals surface area contributed by atoms with E-state index in [1.807, 2.05) is 12.1 Å². The lowest BCUT2D eigenvalue weighted by Crippen LogP contribution is -3.28. The molecule has 3 aliphatic heterocycles. The van der Waals surface area contributed by atoms with Crippen molar-refractivity contribution in [2.24, 2.45) is 0 Å². The van der Waals surface area contributed by atoms with Crippen molar-refractivity contribution in [2.45, 2.75) is 6.54 Å². The fourth-order valence-electron chi connectivity index (χ4n) is 4.54. The second-order valence-electron chi connectivity index (χ2n) is 8.26. The van der Waals surface area contributed by atoms with Gasteiger partial charge in [-0.1, -0.05) is 0 Å². The summed E-state index contributed by atoms with van der Waals surface area (Å²) in [6.45, 7) is 6.32. The molecule has 31 heavy (non-hydrogen) atoms. The number of Topliss-reactive ketones (excluding diaryl/α,β-unsaturated/α-hetero) is 1. The van der Waals surface area contributed by atoms with Gasteiger partial charge in [0.1, 0.15) is 51.7 Å². The van der Waals surface area contributed by atoms with Crippen LogP contribution in [0.2, 0.25) is 0 Å². The lowest BCUT2D eigenvalue weighted by molar-refractivity contribution is -1.02. The Hall–Kier alpha value is -3.10. The van der Waals surface area contributed by atoms with Crippen LogP contribution in [0, 0.1) is 0 Å². The number of anilines is 1. The summed E-state index contributed by atoms with van der Waals surface area (Å²) in [6.07, 6.45) is 0. The smallest absolute Gasteiger partial charge is 0.303 e. The molecule has 0 spiro atoms. The Morgan fingerprint density at radius 1 is 0.935 bits per heavy atom. The Morgan fingerprint density at radius 2 is 1.58 bits per heavy atom. The zero-order chi connectivity index (χ0) is 21.4. The molecule has 1 saturated heterocycles. The molecule has 5 rings (SSSR count). The van der Waals surface area contributed by atoms with E-state index >= 15 is 0 Å². The van der Waals surface area contributed by atoms with Crippen molar-refractivity contribution in [2.75, 3.05) is 58.1 Å². The number of methoxy groups -OCH3 is 1. The fourth-order valence-corrected chi connectivity index (χ4v) is 4.54. The first-order valence-electron chi connectivity index (χ1n) is 10.7. The lowest BCUT2D eigenvalue weighted by Gasteiger charge is -2.32. The van der Waals surface area contributed by atoms with Crippen molar-refractivity contribution >= 4 is 17.4 Å². The van der Waals surface area contributed by atoms with Gasteiger partial charge in [-0.2, -0.15) is 0 Å². The average molecular weight is 425 g/mol. The summed E-state index contributed by atoms with van der Waals surface area (Å²) in [5.41, 5.74) is 2.35. The molecule has 0 aliphatic carbocycles. The monoisotopic (exact) mass is 425 g/mol. The molecule has 8 nitrogen and oxygen atoms in total. The predicted molar refractivity (Wildman–Crippen MR) is 112 cm³/mol. The molecule has 1 fully saturated rings. The molecule has 0 aromatic heterocycles. The molecule has 2 aromatic rings. The number of ketones is 1.